The highest BCUT2D eigenvalue weighted by Crippen LogP contribution is 2.42. The van der Waals surface area contributed by atoms with E-state index >= 15 is 0 Å². The van der Waals surface area contributed by atoms with Crippen LogP contribution in [-0.4, -0.2) is 28.8 Å². The Morgan fingerprint density at radius 3 is 2.57 bits per heavy atom. The quantitative estimate of drug-likeness (QED) is 0.310. The fourth-order valence-corrected chi connectivity index (χ4v) is 4.63. The van der Waals surface area contributed by atoms with Gasteiger partial charge in [-0.1, -0.05) is 46.3 Å². The van der Waals surface area contributed by atoms with Crippen LogP contribution in [0.25, 0.3) is 5.76 Å². The standard InChI is InChI=1S/C23H18BrNO4S/c1-29-17-5-2-4-14(12-17)13-25-20(18-6-3-11-30-18)19(22(27)23(25)28)21(26)15-7-9-16(24)10-8-15/h2-12,20,26H,13H2,1H3/b21-19-. The second-order valence-corrected chi connectivity index (χ2v) is 8.70. The fourth-order valence-electron chi connectivity index (χ4n) is 3.52. The lowest BCUT2D eigenvalue weighted by Crippen LogP contribution is -2.28. The number of amides is 1. The van der Waals surface area contributed by atoms with Gasteiger partial charge in [0.05, 0.1) is 18.7 Å². The summed E-state index contributed by atoms with van der Waals surface area (Å²) in [4.78, 5) is 28.3. The number of hydrogen-bond donors (Lipinski definition) is 1. The molecular weight excluding hydrogens is 466 g/mol. The maximum absolute atomic E-state index is 13.0. The van der Waals surface area contributed by atoms with Crippen LogP contribution < -0.4 is 4.74 Å². The summed E-state index contributed by atoms with van der Waals surface area (Å²) in [6.07, 6.45) is 0. The van der Waals surface area contributed by atoms with Gasteiger partial charge < -0.3 is 14.7 Å². The maximum atomic E-state index is 13.0. The van der Waals surface area contributed by atoms with Crippen molar-refractivity contribution in [1.29, 1.82) is 0 Å². The normalized spacial score (nSPS) is 18.1. The van der Waals surface area contributed by atoms with E-state index in [2.05, 4.69) is 15.9 Å². The van der Waals surface area contributed by atoms with Crippen molar-refractivity contribution in [3.05, 3.63) is 92.1 Å². The van der Waals surface area contributed by atoms with Crippen molar-refractivity contribution < 1.29 is 19.4 Å². The number of nitrogens with zero attached hydrogens (tertiary/aromatic N) is 1. The zero-order chi connectivity index (χ0) is 21.3. The van der Waals surface area contributed by atoms with E-state index in [-0.39, 0.29) is 17.9 Å². The molecule has 1 atom stereocenters. The summed E-state index contributed by atoms with van der Waals surface area (Å²) in [5, 5.41) is 12.9. The summed E-state index contributed by atoms with van der Waals surface area (Å²) in [7, 11) is 1.58. The molecule has 30 heavy (non-hydrogen) atoms. The monoisotopic (exact) mass is 483 g/mol. The van der Waals surface area contributed by atoms with E-state index in [0.717, 1.165) is 14.9 Å². The van der Waals surface area contributed by atoms with Gasteiger partial charge >= 0.3 is 0 Å². The van der Waals surface area contributed by atoms with Crippen molar-refractivity contribution in [2.75, 3.05) is 7.11 Å². The van der Waals surface area contributed by atoms with E-state index in [1.54, 1.807) is 31.4 Å². The molecule has 0 spiro atoms. The molecule has 1 saturated heterocycles. The van der Waals surface area contributed by atoms with E-state index in [1.807, 2.05) is 41.8 Å². The molecule has 1 aliphatic heterocycles. The average molecular weight is 484 g/mol. The third-order valence-electron chi connectivity index (χ3n) is 4.96. The number of ether oxygens (including phenoxy) is 1. The Morgan fingerprint density at radius 1 is 1.13 bits per heavy atom. The van der Waals surface area contributed by atoms with Gasteiger partial charge in [0.1, 0.15) is 11.5 Å². The molecule has 2 heterocycles. The number of aliphatic hydroxyl groups is 1. The number of ketones is 1. The first-order valence-corrected chi connectivity index (χ1v) is 10.9. The number of Topliss-reactive ketones (excluding diaryl/α,β-unsaturated/α-hetero) is 1. The lowest BCUT2D eigenvalue weighted by molar-refractivity contribution is -0.140. The molecule has 7 heteroatoms. The second kappa shape index (κ2) is 8.45. The van der Waals surface area contributed by atoms with Gasteiger partial charge in [0.15, 0.2) is 0 Å². The van der Waals surface area contributed by atoms with Crippen molar-refractivity contribution in [3.63, 3.8) is 0 Å². The summed E-state index contributed by atoms with van der Waals surface area (Å²) in [6.45, 7) is 0.224. The predicted octanol–water partition coefficient (Wildman–Crippen LogP) is 5.14. The van der Waals surface area contributed by atoms with E-state index in [4.69, 9.17) is 4.74 Å². The number of rotatable bonds is 5. The smallest absolute Gasteiger partial charge is 0.295 e. The SMILES string of the molecule is COc1cccc(CN2C(=O)C(=O)/C(=C(\O)c3ccc(Br)cc3)C2c2cccs2)c1. The Hall–Kier alpha value is -2.90. The van der Waals surface area contributed by atoms with Gasteiger partial charge in [0.2, 0.25) is 0 Å². The maximum Gasteiger partial charge on any atom is 0.295 e. The summed E-state index contributed by atoms with van der Waals surface area (Å²) < 4.78 is 6.13. The van der Waals surface area contributed by atoms with Crippen LogP contribution in [0.4, 0.5) is 0 Å². The lowest BCUT2D eigenvalue weighted by atomic mass is 10.00. The molecule has 1 unspecified atom stereocenters. The Morgan fingerprint density at radius 2 is 1.90 bits per heavy atom. The van der Waals surface area contributed by atoms with E-state index in [0.29, 0.717) is 11.3 Å². The predicted molar refractivity (Wildman–Crippen MR) is 119 cm³/mol. The van der Waals surface area contributed by atoms with Crippen molar-refractivity contribution >= 4 is 44.7 Å². The van der Waals surface area contributed by atoms with Crippen LogP contribution in [0, 0.1) is 0 Å². The van der Waals surface area contributed by atoms with Crippen LogP contribution in [0.5, 0.6) is 5.75 Å². The summed E-state index contributed by atoms with van der Waals surface area (Å²) in [5.41, 5.74) is 1.42. The molecule has 4 rings (SSSR count). The van der Waals surface area contributed by atoms with Gasteiger partial charge in [0.25, 0.3) is 11.7 Å². The van der Waals surface area contributed by atoms with Gasteiger partial charge in [-0.05, 0) is 41.3 Å². The minimum absolute atomic E-state index is 0.104. The van der Waals surface area contributed by atoms with Crippen LogP contribution in [0.1, 0.15) is 22.0 Å². The molecule has 0 bridgehead atoms. The minimum Gasteiger partial charge on any atom is -0.507 e. The fraction of sp³-hybridized carbons (Fsp3) is 0.130. The molecule has 2 aromatic carbocycles. The molecule has 152 valence electrons. The van der Waals surface area contributed by atoms with Crippen molar-refractivity contribution in [1.82, 2.24) is 4.90 Å². The lowest BCUT2D eigenvalue weighted by Gasteiger charge is -2.24. The second-order valence-electron chi connectivity index (χ2n) is 6.80. The first-order chi connectivity index (χ1) is 14.5. The number of methoxy groups -OCH3 is 1. The summed E-state index contributed by atoms with van der Waals surface area (Å²) in [6, 6.07) is 17.4. The van der Waals surface area contributed by atoms with Crippen LogP contribution in [-0.2, 0) is 16.1 Å². The van der Waals surface area contributed by atoms with Crippen LogP contribution >= 0.6 is 27.3 Å². The number of carbonyl (C=O) groups excluding carboxylic acids is 2. The molecule has 1 aromatic heterocycles. The van der Waals surface area contributed by atoms with Gasteiger partial charge in [-0.25, -0.2) is 0 Å². The van der Waals surface area contributed by atoms with Crippen LogP contribution in [0.2, 0.25) is 0 Å². The molecule has 0 saturated carbocycles. The van der Waals surface area contributed by atoms with Gasteiger partial charge in [-0.3, -0.25) is 9.59 Å². The van der Waals surface area contributed by atoms with E-state index in [9.17, 15) is 14.7 Å². The molecule has 0 aliphatic carbocycles. The van der Waals surface area contributed by atoms with E-state index in [1.165, 1.54) is 16.2 Å². The number of benzene rings is 2. The first kappa shape index (κ1) is 20.4. The Kier molecular flexibility index (Phi) is 5.74. The van der Waals surface area contributed by atoms with Gasteiger partial charge in [-0.15, -0.1) is 11.3 Å². The third kappa shape index (κ3) is 3.78. The third-order valence-corrected chi connectivity index (χ3v) is 6.41. The van der Waals surface area contributed by atoms with Crippen molar-refractivity contribution in [2.45, 2.75) is 12.6 Å². The number of carbonyl (C=O) groups is 2. The summed E-state index contributed by atoms with van der Waals surface area (Å²) in [5.74, 6) is -0.814. The number of aliphatic hydroxyl groups excluding tert-OH is 1. The van der Waals surface area contributed by atoms with E-state index < -0.39 is 17.7 Å². The highest BCUT2D eigenvalue weighted by atomic mass is 79.9. The zero-order valence-electron chi connectivity index (χ0n) is 16.0. The number of halogens is 1. The highest BCUT2D eigenvalue weighted by molar-refractivity contribution is 9.10. The molecular formula is C23H18BrNO4S. The topological polar surface area (TPSA) is 66.8 Å². The molecule has 1 fully saturated rings. The van der Waals surface area contributed by atoms with Crippen LogP contribution in [0.3, 0.4) is 0 Å². The minimum atomic E-state index is -0.684. The molecule has 5 nitrogen and oxygen atoms in total. The molecule has 0 radical (unpaired) electrons. The van der Waals surface area contributed by atoms with Crippen molar-refractivity contribution in [3.8, 4) is 5.75 Å². The molecule has 1 amide bonds. The van der Waals surface area contributed by atoms with Crippen LogP contribution in [0.15, 0.2) is 76.1 Å². The number of hydrogen-bond acceptors (Lipinski definition) is 5. The van der Waals surface area contributed by atoms with Crippen molar-refractivity contribution in [2.24, 2.45) is 0 Å². The number of thiophene rings is 1. The molecule has 1 aliphatic rings. The van der Waals surface area contributed by atoms with Gasteiger partial charge in [0, 0.05) is 21.5 Å². The average Bonchev–Trinajstić information content (AvgIpc) is 3.37. The molecule has 3 aromatic rings. The Balaban J connectivity index is 1.80. The highest BCUT2D eigenvalue weighted by Gasteiger charge is 2.46. The zero-order valence-corrected chi connectivity index (χ0v) is 18.4. The first-order valence-electron chi connectivity index (χ1n) is 9.20. The number of likely N-dealkylation sites (tertiary alicyclic amines) is 1. The largest absolute Gasteiger partial charge is 0.507 e. The molecule has 1 N–H and O–H groups in total. The Labute approximate surface area is 186 Å². The van der Waals surface area contributed by atoms with Gasteiger partial charge in [-0.2, -0.15) is 0 Å². The summed E-state index contributed by atoms with van der Waals surface area (Å²) >= 11 is 4.81. The Bertz CT molecular complexity index is 1120.